The second kappa shape index (κ2) is 6.71. The summed E-state index contributed by atoms with van der Waals surface area (Å²) < 4.78 is 14.2. The molecular formula is C9H17N3O2S. The van der Waals surface area contributed by atoms with E-state index in [1.807, 2.05) is 6.92 Å². The molecule has 1 N–H and O–H groups in total. The van der Waals surface area contributed by atoms with Crippen molar-refractivity contribution in [3.63, 3.8) is 0 Å². The first-order valence-electron chi connectivity index (χ1n) is 4.83. The van der Waals surface area contributed by atoms with E-state index >= 15 is 0 Å². The van der Waals surface area contributed by atoms with Gasteiger partial charge in [0.15, 0.2) is 0 Å². The molecule has 0 aliphatic carbocycles. The van der Waals surface area contributed by atoms with Crippen molar-refractivity contribution in [2.75, 3.05) is 32.8 Å². The van der Waals surface area contributed by atoms with Crippen LogP contribution in [0.1, 0.15) is 12.7 Å². The average Bonchev–Trinajstić information content (AvgIpc) is 2.63. The van der Waals surface area contributed by atoms with E-state index < -0.39 is 0 Å². The van der Waals surface area contributed by atoms with Crippen LogP contribution in [0.15, 0.2) is 0 Å². The fraction of sp³-hybridized carbons (Fsp3) is 0.778. The van der Waals surface area contributed by atoms with Gasteiger partial charge >= 0.3 is 0 Å². The molecule has 0 aliphatic heterocycles. The van der Waals surface area contributed by atoms with Gasteiger partial charge in [-0.15, -0.1) is 0 Å². The van der Waals surface area contributed by atoms with Gasteiger partial charge in [-0.2, -0.15) is 4.37 Å². The Hall–Kier alpha value is -0.720. The van der Waals surface area contributed by atoms with Gasteiger partial charge in [0.05, 0.1) is 13.2 Å². The summed E-state index contributed by atoms with van der Waals surface area (Å²) in [5.74, 6) is 0.828. The zero-order valence-electron chi connectivity index (χ0n) is 9.32. The summed E-state index contributed by atoms with van der Waals surface area (Å²) in [7, 11) is 3.36. The quantitative estimate of drug-likeness (QED) is 0.763. The van der Waals surface area contributed by atoms with Gasteiger partial charge in [0, 0.05) is 38.2 Å². The first-order valence-corrected chi connectivity index (χ1v) is 5.60. The summed E-state index contributed by atoms with van der Waals surface area (Å²) in [6, 6.07) is 0.248. The Bertz CT molecular complexity index is 280. The number of hydrogen-bond donors (Lipinski definition) is 1. The largest absolute Gasteiger partial charge is 0.384 e. The molecule has 6 heteroatoms. The predicted molar refractivity (Wildman–Crippen MR) is 60.4 cm³/mol. The molecule has 1 aromatic heterocycles. The topological polar surface area (TPSA) is 56.3 Å². The second-order valence-corrected chi connectivity index (χ2v) is 4.01. The minimum atomic E-state index is 0.248. The lowest BCUT2D eigenvalue weighted by atomic mass is 10.4. The van der Waals surface area contributed by atoms with Crippen LogP contribution in [0, 0.1) is 0 Å². The van der Waals surface area contributed by atoms with E-state index in [9.17, 15) is 0 Å². The summed E-state index contributed by atoms with van der Waals surface area (Å²) in [6.45, 7) is 3.36. The SMILES string of the molecule is COCCc1nsc(NC(C)COC)n1. The molecule has 1 heterocycles. The highest BCUT2D eigenvalue weighted by atomic mass is 32.1. The molecule has 0 amide bonds. The Morgan fingerprint density at radius 3 is 2.87 bits per heavy atom. The van der Waals surface area contributed by atoms with E-state index in [2.05, 4.69) is 14.7 Å². The van der Waals surface area contributed by atoms with Crippen molar-refractivity contribution in [2.24, 2.45) is 0 Å². The highest BCUT2D eigenvalue weighted by Crippen LogP contribution is 2.12. The molecule has 0 radical (unpaired) electrons. The molecule has 1 aromatic rings. The zero-order chi connectivity index (χ0) is 11.1. The molecule has 0 bridgehead atoms. The lowest BCUT2D eigenvalue weighted by Gasteiger charge is -2.10. The molecular weight excluding hydrogens is 214 g/mol. The smallest absolute Gasteiger partial charge is 0.202 e. The number of aromatic nitrogens is 2. The molecule has 5 nitrogen and oxygen atoms in total. The third-order valence-corrected chi connectivity index (χ3v) is 2.47. The molecule has 0 fully saturated rings. The van der Waals surface area contributed by atoms with Crippen molar-refractivity contribution in [1.82, 2.24) is 9.36 Å². The van der Waals surface area contributed by atoms with E-state index in [1.54, 1.807) is 14.2 Å². The highest BCUT2D eigenvalue weighted by Gasteiger charge is 2.06. The van der Waals surface area contributed by atoms with Crippen LogP contribution in [0.2, 0.25) is 0 Å². The first-order chi connectivity index (χ1) is 7.26. The van der Waals surface area contributed by atoms with Gasteiger partial charge < -0.3 is 14.8 Å². The van der Waals surface area contributed by atoms with E-state index in [-0.39, 0.29) is 6.04 Å². The van der Waals surface area contributed by atoms with E-state index in [4.69, 9.17) is 9.47 Å². The van der Waals surface area contributed by atoms with Gasteiger partial charge in [0.2, 0.25) is 5.13 Å². The molecule has 0 saturated carbocycles. The lowest BCUT2D eigenvalue weighted by Crippen LogP contribution is -2.20. The van der Waals surface area contributed by atoms with Crippen molar-refractivity contribution in [1.29, 1.82) is 0 Å². The van der Waals surface area contributed by atoms with Crippen LogP contribution >= 0.6 is 11.5 Å². The Morgan fingerprint density at radius 1 is 1.40 bits per heavy atom. The van der Waals surface area contributed by atoms with Crippen LogP contribution in [0.4, 0.5) is 5.13 Å². The molecule has 1 unspecified atom stereocenters. The van der Waals surface area contributed by atoms with E-state index in [0.717, 1.165) is 17.4 Å². The molecule has 0 saturated heterocycles. The second-order valence-electron chi connectivity index (χ2n) is 3.26. The summed E-state index contributed by atoms with van der Waals surface area (Å²) >= 11 is 1.37. The maximum atomic E-state index is 5.02. The number of nitrogens with one attached hydrogen (secondary N) is 1. The van der Waals surface area contributed by atoms with Crippen LogP contribution in [0.25, 0.3) is 0 Å². The van der Waals surface area contributed by atoms with Crippen LogP contribution < -0.4 is 5.32 Å². The maximum absolute atomic E-state index is 5.02. The third-order valence-electron chi connectivity index (χ3n) is 1.78. The molecule has 1 atom stereocenters. The number of ether oxygens (including phenoxy) is 2. The maximum Gasteiger partial charge on any atom is 0.202 e. The highest BCUT2D eigenvalue weighted by molar-refractivity contribution is 7.09. The summed E-state index contributed by atoms with van der Waals surface area (Å²) in [5, 5.41) is 4.06. The number of methoxy groups -OCH3 is 2. The zero-order valence-corrected chi connectivity index (χ0v) is 10.1. The minimum absolute atomic E-state index is 0.248. The van der Waals surface area contributed by atoms with Crippen LogP contribution in [0.5, 0.6) is 0 Å². The Labute approximate surface area is 94.0 Å². The molecule has 1 rings (SSSR count). The summed E-state index contributed by atoms with van der Waals surface area (Å²) in [6.07, 6.45) is 0.757. The van der Waals surface area contributed by atoms with Crippen molar-refractivity contribution in [3.05, 3.63) is 5.82 Å². The average molecular weight is 231 g/mol. The van der Waals surface area contributed by atoms with Crippen molar-refractivity contribution < 1.29 is 9.47 Å². The fourth-order valence-corrected chi connectivity index (χ4v) is 1.83. The van der Waals surface area contributed by atoms with Crippen LogP contribution in [-0.2, 0) is 15.9 Å². The van der Waals surface area contributed by atoms with Gasteiger partial charge in [-0.25, -0.2) is 4.98 Å². The lowest BCUT2D eigenvalue weighted by molar-refractivity contribution is 0.190. The normalized spacial score (nSPS) is 12.7. The molecule has 0 aliphatic rings. The predicted octanol–water partition coefficient (Wildman–Crippen LogP) is 1.17. The molecule has 86 valence electrons. The van der Waals surface area contributed by atoms with Crippen LogP contribution in [-0.4, -0.2) is 42.8 Å². The third kappa shape index (κ3) is 4.55. The van der Waals surface area contributed by atoms with Crippen molar-refractivity contribution in [2.45, 2.75) is 19.4 Å². The number of nitrogens with zero attached hydrogens (tertiary/aromatic N) is 2. The Morgan fingerprint density at radius 2 is 2.20 bits per heavy atom. The number of anilines is 1. The fourth-order valence-electron chi connectivity index (χ4n) is 1.11. The standard InChI is InChI=1S/C9H17N3O2S/c1-7(6-14-3)10-9-11-8(12-15-9)4-5-13-2/h7H,4-6H2,1-3H3,(H,10,11,12). The summed E-state index contributed by atoms with van der Waals surface area (Å²) in [5.41, 5.74) is 0. The number of rotatable bonds is 7. The van der Waals surface area contributed by atoms with E-state index in [1.165, 1.54) is 11.5 Å². The summed E-state index contributed by atoms with van der Waals surface area (Å²) in [4.78, 5) is 4.33. The van der Waals surface area contributed by atoms with Gasteiger partial charge in [-0.05, 0) is 6.92 Å². The van der Waals surface area contributed by atoms with Gasteiger partial charge in [0.1, 0.15) is 5.82 Å². The van der Waals surface area contributed by atoms with Gasteiger partial charge in [-0.3, -0.25) is 0 Å². The van der Waals surface area contributed by atoms with Crippen molar-refractivity contribution in [3.8, 4) is 0 Å². The van der Waals surface area contributed by atoms with Crippen LogP contribution in [0.3, 0.4) is 0 Å². The molecule has 0 aromatic carbocycles. The monoisotopic (exact) mass is 231 g/mol. The van der Waals surface area contributed by atoms with E-state index in [0.29, 0.717) is 13.2 Å². The van der Waals surface area contributed by atoms with Gasteiger partial charge in [0.25, 0.3) is 0 Å². The number of hydrogen-bond acceptors (Lipinski definition) is 6. The Balaban J connectivity index is 2.38. The first kappa shape index (κ1) is 12.4. The molecule has 15 heavy (non-hydrogen) atoms. The van der Waals surface area contributed by atoms with Crippen molar-refractivity contribution >= 4 is 16.7 Å². The Kier molecular flexibility index (Phi) is 5.52. The van der Waals surface area contributed by atoms with Gasteiger partial charge in [-0.1, -0.05) is 0 Å². The molecule has 0 spiro atoms. The minimum Gasteiger partial charge on any atom is -0.384 e.